The van der Waals surface area contributed by atoms with Crippen LogP contribution in [0.2, 0.25) is 0 Å². The van der Waals surface area contributed by atoms with E-state index in [0.29, 0.717) is 19.7 Å². The minimum Gasteiger partial charge on any atom is -0.434 e. The van der Waals surface area contributed by atoms with Crippen LogP contribution < -0.4 is 5.32 Å². The van der Waals surface area contributed by atoms with Crippen LogP contribution in [-0.4, -0.2) is 54.8 Å². The SMILES string of the molecule is O=C1NC[C@@H](C(=O)N2CCOC3(CCCCC3)C2)O1. The Balaban J connectivity index is 1.64. The number of hydrogen-bond acceptors (Lipinski definition) is 4. The Morgan fingerprint density at radius 1 is 1.32 bits per heavy atom. The summed E-state index contributed by atoms with van der Waals surface area (Å²) >= 11 is 0. The molecule has 6 heteroatoms. The standard InChI is InChI=1S/C13H20N2O4/c16-11(10-8-14-12(17)19-10)15-6-7-18-13(9-15)4-2-1-3-5-13/h10H,1-9H2,(H,14,17)/t10-/m0/s1. The molecule has 1 atom stereocenters. The highest BCUT2D eigenvalue weighted by Crippen LogP contribution is 2.34. The number of nitrogens with zero attached hydrogens (tertiary/aromatic N) is 1. The van der Waals surface area contributed by atoms with Crippen LogP contribution >= 0.6 is 0 Å². The molecule has 3 aliphatic rings. The van der Waals surface area contributed by atoms with E-state index in [0.717, 1.165) is 12.8 Å². The van der Waals surface area contributed by atoms with Crippen molar-refractivity contribution in [3.63, 3.8) is 0 Å². The van der Waals surface area contributed by atoms with Crippen LogP contribution in [0, 0.1) is 0 Å². The Bertz CT molecular complexity index is 373. The number of morpholine rings is 1. The molecule has 2 saturated heterocycles. The molecule has 0 aromatic rings. The zero-order chi connectivity index (χ0) is 13.3. The van der Waals surface area contributed by atoms with E-state index in [2.05, 4.69) is 5.32 Å². The predicted molar refractivity (Wildman–Crippen MR) is 66.6 cm³/mol. The van der Waals surface area contributed by atoms with Crippen LogP contribution in [0.15, 0.2) is 0 Å². The van der Waals surface area contributed by atoms with Crippen LogP contribution in [0.5, 0.6) is 0 Å². The van der Waals surface area contributed by atoms with E-state index >= 15 is 0 Å². The summed E-state index contributed by atoms with van der Waals surface area (Å²) in [4.78, 5) is 25.1. The molecule has 0 bridgehead atoms. The monoisotopic (exact) mass is 268 g/mol. The van der Waals surface area contributed by atoms with Crippen LogP contribution in [0.4, 0.5) is 4.79 Å². The summed E-state index contributed by atoms with van der Waals surface area (Å²) in [5, 5.41) is 2.52. The van der Waals surface area contributed by atoms with E-state index < -0.39 is 12.2 Å². The van der Waals surface area contributed by atoms with Crippen molar-refractivity contribution in [2.24, 2.45) is 0 Å². The first-order chi connectivity index (χ1) is 9.19. The van der Waals surface area contributed by atoms with E-state index in [1.165, 1.54) is 19.3 Å². The average molecular weight is 268 g/mol. The highest BCUT2D eigenvalue weighted by Gasteiger charge is 2.42. The van der Waals surface area contributed by atoms with Gasteiger partial charge in [-0.3, -0.25) is 4.79 Å². The fourth-order valence-corrected chi connectivity index (χ4v) is 3.26. The summed E-state index contributed by atoms with van der Waals surface area (Å²) in [6.07, 6.45) is 4.48. The number of ether oxygens (including phenoxy) is 2. The first-order valence-corrected chi connectivity index (χ1v) is 7.06. The molecule has 3 fully saturated rings. The van der Waals surface area contributed by atoms with Crippen LogP contribution in [-0.2, 0) is 14.3 Å². The van der Waals surface area contributed by atoms with Crippen LogP contribution in [0.25, 0.3) is 0 Å². The molecule has 3 rings (SSSR count). The van der Waals surface area contributed by atoms with E-state index in [-0.39, 0.29) is 18.1 Å². The van der Waals surface area contributed by atoms with E-state index in [1.54, 1.807) is 4.90 Å². The maximum Gasteiger partial charge on any atom is 0.408 e. The summed E-state index contributed by atoms with van der Waals surface area (Å²) in [7, 11) is 0. The van der Waals surface area contributed by atoms with Crippen molar-refractivity contribution in [3.8, 4) is 0 Å². The summed E-state index contributed by atoms with van der Waals surface area (Å²) in [5.41, 5.74) is -0.151. The lowest BCUT2D eigenvalue weighted by Crippen LogP contribution is -2.56. The number of alkyl carbamates (subject to hydrolysis) is 1. The zero-order valence-corrected chi connectivity index (χ0v) is 11.0. The van der Waals surface area contributed by atoms with E-state index in [4.69, 9.17) is 9.47 Å². The number of nitrogens with one attached hydrogen (secondary N) is 1. The quantitative estimate of drug-likeness (QED) is 0.758. The Morgan fingerprint density at radius 2 is 2.11 bits per heavy atom. The van der Waals surface area contributed by atoms with Gasteiger partial charge in [0, 0.05) is 13.1 Å². The molecule has 1 spiro atoms. The molecule has 6 nitrogen and oxygen atoms in total. The number of cyclic esters (lactones) is 1. The van der Waals surface area contributed by atoms with Crippen molar-refractivity contribution < 1.29 is 19.1 Å². The molecule has 1 aliphatic carbocycles. The second-order valence-electron chi connectivity index (χ2n) is 5.63. The van der Waals surface area contributed by atoms with Crippen molar-refractivity contribution in [3.05, 3.63) is 0 Å². The molecule has 0 unspecified atom stereocenters. The Kier molecular flexibility index (Phi) is 3.35. The number of carbonyl (C=O) groups excluding carboxylic acids is 2. The van der Waals surface area contributed by atoms with Gasteiger partial charge in [-0.2, -0.15) is 0 Å². The molecular formula is C13H20N2O4. The van der Waals surface area contributed by atoms with Gasteiger partial charge in [-0.05, 0) is 12.8 Å². The van der Waals surface area contributed by atoms with E-state index in [1.807, 2.05) is 0 Å². The van der Waals surface area contributed by atoms with Gasteiger partial charge in [-0.15, -0.1) is 0 Å². The molecule has 1 saturated carbocycles. The molecule has 2 heterocycles. The third-order valence-corrected chi connectivity index (χ3v) is 4.28. The van der Waals surface area contributed by atoms with Gasteiger partial charge >= 0.3 is 6.09 Å². The fourth-order valence-electron chi connectivity index (χ4n) is 3.26. The minimum absolute atomic E-state index is 0.0911. The first kappa shape index (κ1) is 12.7. The molecule has 0 radical (unpaired) electrons. The molecular weight excluding hydrogens is 248 g/mol. The maximum atomic E-state index is 12.3. The number of rotatable bonds is 1. The van der Waals surface area contributed by atoms with Crippen molar-refractivity contribution in [2.45, 2.75) is 43.8 Å². The lowest BCUT2D eigenvalue weighted by Gasteiger charge is -2.45. The van der Waals surface area contributed by atoms with Crippen molar-refractivity contribution in [2.75, 3.05) is 26.2 Å². The average Bonchev–Trinajstić information content (AvgIpc) is 2.85. The summed E-state index contributed by atoms with van der Waals surface area (Å²) < 4.78 is 10.9. The molecule has 2 amide bonds. The third kappa shape index (κ3) is 2.54. The summed E-state index contributed by atoms with van der Waals surface area (Å²) in [6, 6.07) is 0. The molecule has 1 N–H and O–H groups in total. The van der Waals surface area contributed by atoms with Gasteiger partial charge in [-0.25, -0.2) is 4.79 Å². The normalized spacial score (nSPS) is 30.0. The Morgan fingerprint density at radius 3 is 2.79 bits per heavy atom. The van der Waals surface area contributed by atoms with Crippen LogP contribution in [0.1, 0.15) is 32.1 Å². The molecule has 0 aromatic heterocycles. The lowest BCUT2D eigenvalue weighted by molar-refractivity contribution is -0.161. The number of amides is 2. The second-order valence-corrected chi connectivity index (χ2v) is 5.63. The Labute approximate surface area is 112 Å². The van der Waals surface area contributed by atoms with Crippen LogP contribution in [0.3, 0.4) is 0 Å². The van der Waals surface area contributed by atoms with Gasteiger partial charge in [-0.1, -0.05) is 19.3 Å². The second kappa shape index (κ2) is 5.00. The number of hydrogen-bond donors (Lipinski definition) is 1. The lowest BCUT2D eigenvalue weighted by atomic mass is 9.83. The van der Waals surface area contributed by atoms with Gasteiger partial charge in [0.05, 0.1) is 18.8 Å². The Hall–Kier alpha value is -1.30. The minimum atomic E-state index is -0.661. The third-order valence-electron chi connectivity index (χ3n) is 4.28. The molecule has 0 aromatic carbocycles. The highest BCUT2D eigenvalue weighted by molar-refractivity contribution is 5.86. The largest absolute Gasteiger partial charge is 0.434 e. The first-order valence-electron chi connectivity index (χ1n) is 7.06. The maximum absolute atomic E-state index is 12.3. The zero-order valence-electron chi connectivity index (χ0n) is 11.0. The number of carbonyl (C=O) groups is 2. The van der Waals surface area contributed by atoms with E-state index in [9.17, 15) is 9.59 Å². The van der Waals surface area contributed by atoms with Gasteiger partial charge < -0.3 is 19.7 Å². The topological polar surface area (TPSA) is 67.9 Å². The van der Waals surface area contributed by atoms with Gasteiger partial charge in [0.2, 0.25) is 0 Å². The highest BCUT2D eigenvalue weighted by atomic mass is 16.6. The molecule has 106 valence electrons. The summed E-state index contributed by atoms with van der Waals surface area (Å²) in [6.45, 7) is 2.09. The van der Waals surface area contributed by atoms with Crippen molar-refractivity contribution in [1.29, 1.82) is 0 Å². The molecule has 2 aliphatic heterocycles. The smallest absolute Gasteiger partial charge is 0.408 e. The van der Waals surface area contributed by atoms with Gasteiger partial charge in [0.15, 0.2) is 6.10 Å². The molecule has 19 heavy (non-hydrogen) atoms. The van der Waals surface area contributed by atoms with Gasteiger partial charge in [0.25, 0.3) is 5.91 Å². The van der Waals surface area contributed by atoms with Crippen molar-refractivity contribution in [1.82, 2.24) is 10.2 Å². The fraction of sp³-hybridized carbons (Fsp3) is 0.846. The summed E-state index contributed by atoms with van der Waals surface area (Å²) in [5.74, 6) is -0.0911. The van der Waals surface area contributed by atoms with Gasteiger partial charge in [0.1, 0.15) is 0 Å². The predicted octanol–water partition coefficient (Wildman–Crippen LogP) is 0.656. The van der Waals surface area contributed by atoms with Crippen molar-refractivity contribution >= 4 is 12.0 Å².